The lowest BCUT2D eigenvalue weighted by Crippen LogP contribution is -2.06. The molecule has 3 nitrogen and oxygen atoms in total. The van der Waals surface area contributed by atoms with E-state index < -0.39 is 11.1 Å². The first-order valence-electron chi connectivity index (χ1n) is 4.98. The summed E-state index contributed by atoms with van der Waals surface area (Å²) in [5.41, 5.74) is 5.96. The molecule has 0 saturated carbocycles. The van der Waals surface area contributed by atoms with Gasteiger partial charge in [0, 0.05) is 5.56 Å². The number of imidazole rings is 1. The number of aryl methyl sites for hydroxylation is 1. The van der Waals surface area contributed by atoms with E-state index in [2.05, 4.69) is 9.97 Å². The van der Waals surface area contributed by atoms with Crippen LogP contribution in [0, 0.1) is 6.92 Å². The van der Waals surface area contributed by atoms with E-state index in [-0.39, 0.29) is 5.69 Å². The molecule has 7 heteroatoms. The van der Waals surface area contributed by atoms with Crippen molar-refractivity contribution in [1.82, 2.24) is 9.97 Å². The SMILES string of the molecule is Cc1nc(-c2ccc(Cl)c(N)c2)c(C(F)(F)Cl)[nH]1. The van der Waals surface area contributed by atoms with Crippen LogP contribution in [-0.2, 0) is 5.38 Å². The van der Waals surface area contributed by atoms with E-state index in [4.69, 9.17) is 28.9 Å². The van der Waals surface area contributed by atoms with Gasteiger partial charge in [-0.05, 0) is 30.7 Å². The highest BCUT2D eigenvalue weighted by atomic mass is 35.5. The molecule has 0 fully saturated rings. The summed E-state index contributed by atoms with van der Waals surface area (Å²) in [5.74, 6) is 0.342. The Labute approximate surface area is 112 Å². The van der Waals surface area contributed by atoms with Gasteiger partial charge in [-0.1, -0.05) is 17.7 Å². The maximum atomic E-state index is 13.2. The van der Waals surface area contributed by atoms with Crippen molar-refractivity contribution in [3.05, 3.63) is 34.7 Å². The predicted molar refractivity (Wildman–Crippen MR) is 67.9 cm³/mol. The Morgan fingerprint density at radius 1 is 1.39 bits per heavy atom. The number of hydrogen-bond acceptors (Lipinski definition) is 2. The van der Waals surface area contributed by atoms with Crippen molar-refractivity contribution in [2.75, 3.05) is 5.73 Å². The zero-order valence-electron chi connectivity index (χ0n) is 9.27. The molecule has 3 N–H and O–H groups in total. The van der Waals surface area contributed by atoms with Gasteiger partial charge in [0.2, 0.25) is 0 Å². The van der Waals surface area contributed by atoms with Gasteiger partial charge >= 0.3 is 5.38 Å². The first-order chi connectivity index (χ1) is 8.29. The van der Waals surface area contributed by atoms with Crippen LogP contribution in [0.2, 0.25) is 5.02 Å². The van der Waals surface area contributed by atoms with E-state index in [1.165, 1.54) is 12.1 Å². The molecule has 0 atom stereocenters. The number of aromatic nitrogens is 2. The molecule has 1 aromatic heterocycles. The molecule has 0 amide bonds. The van der Waals surface area contributed by atoms with Crippen molar-refractivity contribution in [2.24, 2.45) is 0 Å². The Morgan fingerprint density at radius 2 is 2.06 bits per heavy atom. The molecule has 2 aromatic rings. The highest BCUT2D eigenvalue weighted by Crippen LogP contribution is 2.38. The number of alkyl halides is 3. The number of rotatable bonds is 2. The average Bonchev–Trinajstić information content (AvgIpc) is 2.64. The van der Waals surface area contributed by atoms with Gasteiger partial charge in [-0.3, -0.25) is 0 Å². The third-order valence-electron chi connectivity index (χ3n) is 2.38. The Kier molecular flexibility index (Phi) is 3.21. The van der Waals surface area contributed by atoms with Crippen molar-refractivity contribution in [3.63, 3.8) is 0 Å². The van der Waals surface area contributed by atoms with Gasteiger partial charge in [0.15, 0.2) is 0 Å². The normalized spacial score (nSPS) is 11.8. The van der Waals surface area contributed by atoms with E-state index in [1.54, 1.807) is 13.0 Å². The second kappa shape index (κ2) is 4.40. The number of nitrogens with one attached hydrogen (secondary N) is 1. The first-order valence-corrected chi connectivity index (χ1v) is 5.74. The van der Waals surface area contributed by atoms with E-state index in [1.807, 2.05) is 0 Å². The summed E-state index contributed by atoms with van der Waals surface area (Å²) < 4.78 is 26.5. The standard InChI is InChI=1S/C11H9Cl2F2N3/c1-5-17-9(10(18-5)11(13,14)15)6-2-3-7(12)8(16)4-6/h2-4H,16H2,1H3,(H,17,18). The van der Waals surface area contributed by atoms with Crippen molar-refractivity contribution in [1.29, 1.82) is 0 Å². The van der Waals surface area contributed by atoms with Crippen molar-refractivity contribution in [2.45, 2.75) is 12.3 Å². The van der Waals surface area contributed by atoms with Crippen LogP contribution < -0.4 is 5.73 Å². The highest BCUT2D eigenvalue weighted by molar-refractivity contribution is 6.33. The van der Waals surface area contributed by atoms with E-state index in [0.717, 1.165) is 0 Å². The minimum Gasteiger partial charge on any atom is -0.398 e. The number of nitrogens with zero attached hydrogens (tertiary/aromatic N) is 1. The number of anilines is 1. The molecule has 0 aliphatic rings. The molecule has 96 valence electrons. The topological polar surface area (TPSA) is 54.7 Å². The molecule has 1 heterocycles. The van der Waals surface area contributed by atoms with Crippen LogP contribution >= 0.6 is 23.2 Å². The van der Waals surface area contributed by atoms with Gasteiger partial charge in [0.25, 0.3) is 0 Å². The Hall–Kier alpha value is -1.33. The zero-order chi connectivity index (χ0) is 13.5. The fourth-order valence-electron chi connectivity index (χ4n) is 1.60. The minimum atomic E-state index is -3.52. The third kappa shape index (κ3) is 2.42. The monoisotopic (exact) mass is 291 g/mol. The van der Waals surface area contributed by atoms with Crippen molar-refractivity contribution >= 4 is 28.9 Å². The van der Waals surface area contributed by atoms with Crippen LogP contribution in [0.5, 0.6) is 0 Å². The molecular weight excluding hydrogens is 283 g/mol. The second-order valence-electron chi connectivity index (χ2n) is 3.78. The lowest BCUT2D eigenvalue weighted by Gasteiger charge is -2.08. The quantitative estimate of drug-likeness (QED) is 0.651. The van der Waals surface area contributed by atoms with Crippen LogP contribution in [-0.4, -0.2) is 9.97 Å². The van der Waals surface area contributed by atoms with Crippen molar-refractivity contribution < 1.29 is 8.78 Å². The molecule has 18 heavy (non-hydrogen) atoms. The molecular formula is C11H9Cl2F2N3. The largest absolute Gasteiger partial charge is 0.398 e. The Morgan fingerprint density at radius 3 is 2.61 bits per heavy atom. The fraction of sp³-hybridized carbons (Fsp3) is 0.182. The lowest BCUT2D eigenvalue weighted by molar-refractivity contribution is 0.0911. The highest BCUT2D eigenvalue weighted by Gasteiger charge is 2.34. The summed E-state index contributed by atoms with van der Waals surface area (Å²) in [6.45, 7) is 1.56. The Bertz CT molecular complexity index is 590. The maximum absolute atomic E-state index is 13.2. The van der Waals surface area contributed by atoms with Crippen LogP contribution in [0.4, 0.5) is 14.5 Å². The smallest absolute Gasteiger partial charge is 0.364 e. The van der Waals surface area contributed by atoms with Gasteiger partial charge in [-0.25, -0.2) is 4.98 Å². The maximum Gasteiger partial charge on any atom is 0.364 e. The average molecular weight is 292 g/mol. The zero-order valence-corrected chi connectivity index (χ0v) is 10.8. The second-order valence-corrected chi connectivity index (χ2v) is 4.66. The molecule has 0 bridgehead atoms. The van der Waals surface area contributed by atoms with E-state index in [0.29, 0.717) is 22.1 Å². The summed E-state index contributed by atoms with van der Waals surface area (Å²) in [6.07, 6.45) is 0. The van der Waals surface area contributed by atoms with Gasteiger partial charge < -0.3 is 10.7 Å². The molecule has 0 unspecified atom stereocenters. The predicted octanol–water partition coefficient (Wildman–Crippen LogP) is 3.91. The molecule has 2 rings (SSSR count). The van der Waals surface area contributed by atoms with Crippen LogP contribution in [0.3, 0.4) is 0 Å². The molecule has 0 spiro atoms. The third-order valence-corrected chi connectivity index (χ3v) is 2.91. The summed E-state index contributed by atoms with van der Waals surface area (Å²) in [5, 5.41) is -3.17. The Balaban J connectivity index is 2.60. The van der Waals surface area contributed by atoms with E-state index in [9.17, 15) is 8.78 Å². The number of halogens is 4. The number of H-pyrrole nitrogens is 1. The molecule has 0 saturated heterocycles. The minimum absolute atomic E-state index is 0.0656. The van der Waals surface area contributed by atoms with Gasteiger partial charge in [-0.15, -0.1) is 0 Å². The summed E-state index contributed by atoms with van der Waals surface area (Å²) >= 11 is 10.8. The first kappa shape index (κ1) is 13.1. The van der Waals surface area contributed by atoms with Crippen LogP contribution in [0.25, 0.3) is 11.3 Å². The molecule has 0 aliphatic heterocycles. The molecule has 0 aliphatic carbocycles. The summed E-state index contributed by atoms with van der Waals surface area (Å²) in [4.78, 5) is 6.45. The number of nitrogen functional groups attached to an aromatic ring is 1. The fourth-order valence-corrected chi connectivity index (χ4v) is 1.85. The van der Waals surface area contributed by atoms with Gasteiger partial charge in [0.05, 0.1) is 16.4 Å². The number of nitrogens with two attached hydrogens (primary N) is 1. The number of aromatic amines is 1. The van der Waals surface area contributed by atoms with Crippen LogP contribution in [0.15, 0.2) is 18.2 Å². The summed E-state index contributed by atoms with van der Waals surface area (Å²) in [7, 11) is 0. The van der Waals surface area contributed by atoms with Gasteiger partial charge in [-0.2, -0.15) is 8.78 Å². The molecule has 1 aromatic carbocycles. The van der Waals surface area contributed by atoms with Crippen molar-refractivity contribution in [3.8, 4) is 11.3 Å². The van der Waals surface area contributed by atoms with Crippen LogP contribution in [0.1, 0.15) is 11.5 Å². The van der Waals surface area contributed by atoms with Gasteiger partial charge in [0.1, 0.15) is 11.5 Å². The lowest BCUT2D eigenvalue weighted by atomic mass is 10.1. The van der Waals surface area contributed by atoms with E-state index >= 15 is 0 Å². The molecule has 0 radical (unpaired) electrons. The number of benzene rings is 1. The summed E-state index contributed by atoms with van der Waals surface area (Å²) in [6, 6.07) is 4.55. The number of hydrogen-bond donors (Lipinski definition) is 2.